The zero-order valence-corrected chi connectivity index (χ0v) is 9.65. The molecule has 7 heteroatoms. The lowest BCUT2D eigenvalue weighted by Gasteiger charge is -2.05. The largest absolute Gasteiger partial charge is 0.476 e. The fourth-order valence-electron chi connectivity index (χ4n) is 1.64. The first-order chi connectivity index (χ1) is 8.74. The van der Waals surface area contributed by atoms with Crippen molar-refractivity contribution in [1.82, 2.24) is 20.0 Å². The van der Waals surface area contributed by atoms with E-state index in [4.69, 9.17) is 10.8 Å². The highest BCUT2D eigenvalue weighted by atomic mass is 16.4. The van der Waals surface area contributed by atoms with Gasteiger partial charge in [0.05, 0.1) is 0 Å². The lowest BCUT2D eigenvalue weighted by molar-refractivity contribution is 0.0691. The van der Waals surface area contributed by atoms with Gasteiger partial charge in [-0.05, 0) is 25.1 Å². The molecule has 0 aromatic carbocycles. The number of rotatable bonds is 5. The van der Waals surface area contributed by atoms with E-state index in [2.05, 4.69) is 15.3 Å². The number of aryl methyl sites for hydroxylation is 1. The van der Waals surface area contributed by atoms with Crippen LogP contribution in [0.1, 0.15) is 16.9 Å². The zero-order chi connectivity index (χ0) is 13.0. The third-order valence-corrected chi connectivity index (χ3v) is 2.45. The summed E-state index contributed by atoms with van der Waals surface area (Å²) in [6, 6.07) is 3.51. The second-order valence-electron chi connectivity index (χ2n) is 3.70. The maximum absolute atomic E-state index is 11.1. The molecule has 0 aliphatic carbocycles. The van der Waals surface area contributed by atoms with Gasteiger partial charge in [-0.2, -0.15) is 0 Å². The highest BCUT2D eigenvalue weighted by Crippen LogP contribution is 2.21. The molecular weight excluding hydrogens is 234 g/mol. The number of carbonyl (C=O) groups is 1. The highest BCUT2D eigenvalue weighted by Gasteiger charge is 2.20. The van der Waals surface area contributed by atoms with E-state index in [1.807, 2.05) is 0 Å². The molecule has 0 fully saturated rings. The van der Waals surface area contributed by atoms with Crippen LogP contribution in [0.5, 0.6) is 0 Å². The molecule has 2 aromatic rings. The predicted octanol–water partition coefficient (Wildman–Crippen LogP) is 0.387. The molecule has 0 bridgehead atoms. The molecule has 0 saturated carbocycles. The van der Waals surface area contributed by atoms with E-state index in [0.717, 1.165) is 0 Å². The van der Waals surface area contributed by atoms with Crippen molar-refractivity contribution in [2.24, 2.45) is 5.73 Å². The van der Waals surface area contributed by atoms with Crippen LogP contribution >= 0.6 is 0 Å². The lowest BCUT2D eigenvalue weighted by atomic mass is 10.1. The summed E-state index contributed by atoms with van der Waals surface area (Å²) in [5.74, 6) is -1.10. The van der Waals surface area contributed by atoms with E-state index in [1.165, 1.54) is 0 Å². The first-order valence-corrected chi connectivity index (χ1v) is 5.51. The number of pyridine rings is 1. The smallest absolute Gasteiger partial charge is 0.358 e. The standard InChI is InChI=1S/C11H13N5O2/c12-4-2-6-16-10(8-3-1-5-13-7-8)9(11(17)18)14-15-16/h1,3,5,7H,2,4,6,12H2,(H,17,18). The summed E-state index contributed by atoms with van der Waals surface area (Å²) in [5, 5.41) is 16.6. The van der Waals surface area contributed by atoms with E-state index in [1.54, 1.807) is 29.2 Å². The molecule has 0 amide bonds. The van der Waals surface area contributed by atoms with Gasteiger partial charge in [-0.25, -0.2) is 9.48 Å². The summed E-state index contributed by atoms with van der Waals surface area (Å²) in [7, 11) is 0. The molecule has 0 aliphatic heterocycles. The van der Waals surface area contributed by atoms with Gasteiger partial charge in [0.2, 0.25) is 0 Å². The van der Waals surface area contributed by atoms with E-state index in [-0.39, 0.29) is 5.69 Å². The number of nitrogens with zero attached hydrogens (tertiary/aromatic N) is 4. The monoisotopic (exact) mass is 247 g/mol. The van der Waals surface area contributed by atoms with Crippen molar-refractivity contribution in [3.63, 3.8) is 0 Å². The third-order valence-electron chi connectivity index (χ3n) is 2.45. The molecule has 2 aromatic heterocycles. The Balaban J connectivity index is 2.47. The predicted molar refractivity (Wildman–Crippen MR) is 63.9 cm³/mol. The van der Waals surface area contributed by atoms with Crippen molar-refractivity contribution in [3.05, 3.63) is 30.2 Å². The first-order valence-electron chi connectivity index (χ1n) is 5.51. The molecule has 2 rings (SSSR count). The Morgan fingerprint density at radius 1 is 1.50 bits per heavy atom. The van der Waals surface area contributed by atoms with Crippen LogP contribution in [0.2, 0.25) is 0 Å². The average molecular weight is 247 g/mol. The van der Waals surface area contributed by atoms with E-state index < -0.39 is 5.97 Å². The van der Waals surface area contributed by atoms with E-state index >= 15 is 0 Å². The van der Waals surface area contributed by atoms with Gasteiger partial charge in [0.1, 0.15) is 5.69 Å². The summed E-state index contributed by atoms with van der Waals surface area (Å²) in [5.41, 5.74) is 6.51. The Morgan fingerprint density at radius 2 is 2.33 bits per heavy atom. The average Bonchev–Trinajstić information content (AvgIpc) is 2.81. The molecule has 3 N–H and O–H groups in total. The maximum atomic E-state index is 11.1. The molecule has 0 unspecified atom stereocenters. The highest BCUT2D eigenvalue weighted by molar-refractivity contribution is 5.92. The van der Waals surface area contributed by atoms with Crippen LogP contribution in [0.25, 0.3) is 11.3 Å². The summed E-state index contributed by atoms with van der Waals surface area (Å²) < 4.78 is 1.55. The van der Waals surface area contributed by atoms with Gasteiger partial charge in [-0.3, -0.25) is 4.98 Å². The van der Waals surface area contributed by atoms with Crippen molar-refractivity contribution in [2.75, 3.05) is 6.54 Å². The minimum Gasteiger partial charge on any atom is -0.476 e. The quantitative estimate of drug-likeness (QED) is 0.791. The van der Waals surface area contributed by atoms with Gasteiger partial charge in [-0.1, -0.05) is 5.21 Å². The molecule has 0 spiro atoms. The van der Waals surface area contributed by atoms with Gasteiger partial charge < -0.3 is 10.8 Å². The Bertz CT molecular complexity index is 538. The van der Waals surface area contributed by atoms with Crippen molar-refractivity contribution in [2.45, 2.75) is 13.0 Å². The van der Waals surface area contributed by atoms with Gasteiger partial charge in [0, 0.05) is 24.5 Å². The first kappa shape index (κ1) is 12.2. The van der Waals surface area contributed by atoms with Crippen LogP contribution in [-0.2, 0) is 6.54 Å². The van der Waals surface area contributed by atoms with Crippen LogP contribution in [0, 0.1) is 0 Å². The van der Waals surface area contributed by atoms with Crippen LogP contribution in [0.4, 0.5) is 0 Å². The summed E-state index contributed by atoms with van der Waals surface area (Å²) in [4.78, 5) is 15.1. The van der Waals surface area contributed by atoms with Crippen LogP contribution < -0.4 is 5.73 Å². The summed E-state index contributed by atoms with van der Waals surface area (Å²) >= 11 is 0. The molecule has 0 aliphatic rings. The minimum atomic E-state index is -1.10. The Kier molecular flexibility index (Phi) is 3.63. The van der Waals surface area contributed by atoms with Crippen LogP contribution in [-0.4, -0.2) is 37.6 Å². The van der Waals surface area contributed by atoms with E-state index in [9.17, 15) is 4.79 Å². The third kappa shape index (κ3) is 2.35. The molecule has 18 heavy (non-hydrogen) atoms. The number of carboxylic acid groups (broad SMARTS) is 1. The van der Waals surface area contributed by atoms with Crippen molar-refractivity contribution < 1.29 is 9.90 Å². The van der Waals surface area contributed by atoms with Gasteiger partial charge >= 0.3 is 5.97 Å². The summed E-state index contributed by atoms with van der Waals surface area (Å²) in [6.07, 6.45) is 3.91. The summed E-state index contributed by atoms with van der Waals surface area (Å²) in [6.45, 7) is 1.04. The van der Waals surface area contributed by atoms with Gasteiger partial charge in [0.25, 0.3) is 0 Å². The molecular formula is C11H13N5O2. The number of hydrogen-bond acceptors (Lipinski definition) is 5. The number of hydrogen-bond donors (Lipinski definition) is 2. The normalized spacial score (nSPS) is 10.5. The number of aromatic nitrogens is 4. The Morgan fingerprint density at radius 3 is 2.94 bits per heavy atom. The van der Waals surface area contributed by atoms with Crippen molar-refractivity contribution >= 4 is 5.97 Å². The molecule has 94 valence electrons. The number of carboxylic acids is 1. The van der Waals surface area contributed by atoms with Gasteiger partial charge in [0.15, 0.2) is 5.69 Å². The molecule has 0 saturated heterocycles. The van der Waals surface area contributed by atoms with Gasteiger partial charge in [-0.15, -0.1) is 5.10 Å². The topological polar surface area (TPSA) is 107 Å². The maximum Gasteiger partial charge on any atom is 0.358 e. The SMILES string of the molecule is NCCCn1nnc(C(=O)O)c1-c1cccnc1. The van der Waals surface area contributed by atoms with Crippen molar-refractivity contribution in [1.29, 1.82) is 0 Å². The second kappa shape index (κ2) is 5.37. The Labute approximate surface area is 103 Å². The minimum absolute atomic E-state index is 0.0694. The van der Waals surface area contributed by atoms with E-state index in [0.29, 0.717) is 30.8 Å². The molecule has 2 heterocycles. The fourth-order valence-corrected chi connectivity index (χ4v) is 1.64. The van der Waals surface area contributed by atoms with Crippen LogP contribution in [0.15, 0.2) is 24.5 Å². The van der Waals surface area contributed by atoms with Crippen molar-refractivity contribution in [3.8, 4) is 11.3 Å². The van der Waals surface area contributed by atoms with Crippen LogP contribution in [0.3, 0.4) is 0 Å². The molecule has 0 atom stereocenters. The fraction of sp³-hybridized carbons (Fsp3) is 0.273. The number of nitrogens with two attached hydrogens (primary N) is 1. The lowest BCUT2D eigenvalue weighted by Crippen LogP contribution is -2.09. The molecule has 7 nitrogen and oxygen atoms in total. The zero-order valence-electron chi connectivity index (χ0n) is 9.65. The second-order valence-corrected chi connectivity index (χ2v) is 3.70. The number of aromatic carboxylic acids is 1. The molecule has 0 radical (unpaired) electrons. The Hall–Kier alpha value is -2.28.